The lowest BCUT2D eigenvalue weighted by atomic mass is 9.85. The molecule has 2 amide bonds. The van der Waals surface area contributed by atoms with Crippen LogP contribution in [0.1, 0.15) is 70.5 Å². The molecule has 0 bridgehead atoms. The van der Waals surface area contributed by atoms with Crippen molar-refractivity contribution in [3.05, 3.63) is 11.9 Å². The van der Waals surface area contributed by atoms with Crippen LogP contribution >= 0.6 is 0 Å². The van der Waals surface area contributed by atoms with Gasteiger partial charge in [-0.15, -0.1) is 5.10 Å². The standard InChI is InChI=1S/C22H31F2N5O3/c1-21(2,3)18(29-10-15(26-27-29)11-4-5-11)20(32)28-9-12(30)8-16(28)19(31)25-14-7-6-13-17(14)22(13,23)24/h10-14,16-18,30H,4-9H2,1-3H3,(H,25,31)/t12-,13?,14?,16+,17?,18-/m1/s1. The third kappa shape index (κ3) is 3.60. The van der Waals surface area contributed by atoms with Crippen LogP contribution < -0.4 is 5.32 Å². The molecule has 3 unspecified atom stereocenters. The van der Waals surface area contributed by atoms with E-state index in [1.165, 1.54) is 4.90 Å². The molecule has 1 aromatic rings. The van der Waals surface area contributed by atoms with Crippen molar-refractivity contribution in [1.29, 1.82) is 0 Å². The van der Waals surface area contributed by atoms with Crippen LogP contribution in [-0.4, -0.2) is 67.5 Å². The number of hydrogen-bond donors (Lipinski definition) is 2. The number of halogens is 2. The Balaban J connectivity index is 1.34. The number of amides is 2. The number of nitrogens with zero attached hydrogens (tertiary/aromatic N) is 4. The summed E-state index contributed by atoms with van der Waals surface area (Å²) in [6.45, 7) is 5.79. The van der Waals surface area contributed by atoms with Gasteiger partial charge in [-0.25, -0.2) is 13.5 Å². The quantitative estimate of drug-likeness (QED) is 0.712. The predicted octanol–water partition coefficient (Wildman–Crippen LogP) is 1.86. The average Bonchev–Trinajstić information content (AvgIpc) is 3.35. The summed E-state index contributed by atoms with van der Waals surface area (Å²) in [5.74, 6) is -4.54. The molecular weight excluding hydrogens is 420 g/mol. The zero-order chi connectivity index (χ0) is 23.0. The van der Waals surface area contributed by atoms with Crippen LogP contribution in [0.25, 0.3) is 0 Å². The van der Waals surface area contributed by atoms with E-state index in [2.05, 4.69) is 15.6 Å². The summed E-state index contributed by atoms with van der Waals surface area (Å²) in [6.07, 6.45) is 4.11. The Morgan fingerprint density at radius 2 is 1.97 bits per heavy atom. The summed E-state index contributed by atoms with van der Waals surface area (Å²) >= 11 is 0. The van der Waals surface area contributed by atoms with Gasteiger partial charge in [0.1, 0.15) is 12.1 Å². The van der Waals surface area contributed by atoms with Gasteiger partial charge in [0, 0.05) is 37.0 Å². The van der Waals surface area contributed by atoms with Crippen LogP contribution in [0.4, 0.5) is 8.78 Å². The molecule has 4 aliphatic rings. The molecule has 3 aliphatic carbocycles. The number of likely N-dealkylation sites (tertiary alicyclic amines) is 1. The van der Waals surface area contributed by atoms with E-state index in [-0.39, 0.29) is 18.9 Å². The van der Waals surface area contributed by atoms with Gasteiger partial charge in [0.05, 0.1) is 17.7 Å². The molecule has 6 atom stereocenters. The molecule has 1 saturated heterocycles. The second-order valence-corrected chi connectivity index (χ2v) is 11.1. The van der Waals surface area contributed by atoms with E-state index < -0.39 is 53.3 Å². The van der Waals surface area contributed by atoms with E-state index in [1.54, 1.807) is 10.9 Å². The lowest BCUT2D eigenvalue weighted by Crippen LogP contribution is -2.52. The number of nitrogens with one attached hydrogen (secondary N) is 1. The van der Waals surface area contributed by atoms with Crippen LogP contribution in [0, 0.1) is 17.3 Å². The molecule has 0 aromatic carbocycles. The van der Waals surface area contributed by atoms with Crippen LogP contribution in [0.15, 0.2) is 6.20 Å². The fourth-order valence-corrected chi connectivity index (χ4v) is 5.64. The Bertz CT molecular complexity index is 925. The molecule has 10 heteroatoms. The minimum atomic E-state index is -2.70. The molecule has 0 spiro atoms. The minimum Gasteiger partial charge on any atom is -0.391 e. The highest BCUT2D eigenvalue weighted by Crippen LogP contribution is 2.64. The Labute approximate surface area is 185 Å². The number of β-amino-alcohol motifs (C(OH)–C–C–N with tert-alkyl or cyclic N) is 1. The van der Waals surface area contributed by atoms with Crippen molar-refractivity contribution in [2.24, 2.45) is 17.3 Å². The topological polar surface area (TPSA) is 100 Å². The molecule has 176 valence electrons. The molecule has 1 aliphatic heterocycles. The van der Waals surface area contributed by atoms with Crippen LogP contribution in [0.3, 0.4) is 0 Å². The normalized spacial score (nSPS) is 34.3. The van der Waals surface area contributed by atoms with Crippen LogP contribution in [0.5, 0.6) is 0 Å². The first-order chi connectivity index (χ1) is 15.0. The summed E-state index contributed by atoms with van der Waals surface area (Å²) in [4.78, 5) is 28.1. The van der Waals surface area contributed by atoms with Crippen LogP contribution in [-0.2, 0) is 9.59 Å². The first-order valence-electron chi connectivity index (χ1n) is 11.6. The summed E-state index contributed by atoms with van der Waals surface area (Å²) < 4.78 is 29.2. The van der Waals surface area contributed by atoms with Crippen LogP contribution in [0.2, 0.25) is 0 Å². The van der Waals surface area contributed by atoms with Gasteiger partial charge in [-0.1, -0.05) is 26.0 Å². The molecule has 1 aromatic heterocycles. The molecule has 2 N–H and O–H groups in total. The number of aliphatic hydroxyl groups excluding tert-OH is 1. The molecule has 32 heavy (non-hydrogen) atoms. The van der Waals surface area contributed by atoms with Crippen molar-refractivity contribution in [3.63, 3.8) is 0 Å². The molecule has 3 saturated carbocycles. The second-order valence-electron chi connectivity index (χ2n) is 11.1. The molecule has 4 fully saturated rings. The highest BCUT2D eigenvalue weighted by Gasteiger charge is 2.73. The highest BCUT2D eigenvalue weighted by atomic mass is 19.3. The van der Waals surface area contributed by atoms with Gasteiger partial charge < -0.3 is 15.3 Å². The van der Waals surface area contributed by atoms with Gasteiger partial charge in [-0.3, -0.25) is 9.59 Å². The first-order valence-corrected chi connectivity index (χ1v) is 11.6. The number of aromatic nitrogens is 3. The maximum atomic E-state index is 13.8. The average molecular weight is 452 g/mol. The van der Waals surface area contributed by atoms with E-state index >= 15 is 0 Å². The number of fused-ring (bicyclic) bond motifs is 1. The third-order valence-electron chi connectivity index (χ3n) is 7.52. The molecule has 0 radical (unpaired) electrons. The van der Waals surface area contributed by atoms with Crippen molar-refractivity contribution in [3.8, 4) is 0 Å². The summed E-state index contributed by atoms with van der Waals surface area (Å²) in [7, 11) is 0. The third-order valence-corrected chi connectivity index (χ3v) is 7.52. The van der Waals surface area contributed by atoms with Crippen molar-refractivity contribution in [2.75, 3.05) is 6.54 Å². The second kappa shape index (κ2) is 7.20. The van der Waals surface area contributed by atoms with Crippen molar-refractivity contribution in [1.82, 2.24) is 25.2 Å². The lowest BCUT2D eigenvalue weighted by Gasteiger charge is -2.35. The number of carbonyl (C=O) groups excluding carboxylic acids is 2. The minimum absolute atomic E-state index is 0.0283. The number of carbonyl (C=O) groups is 2. The molecule has 5 rings (SSSR count). The predicted molar refractivity (Wildman–Crippen MR) is 110 cm³/mol. The number of aliphatic hydroxyl groups is 1. The van der Waals surface area contributed by atoms with E-state index in [0.29, 0.717) is 18.8 Å². The largest absolute Gasteiger partial charge is 0.391 e. The fourth-order valence-electron chi connectivity index (χ4n) is 5.64. The van der Waals surface area contributed by atoms with E-state index in [4.69, 9.17) is 0 Å². The smallest absolute Gasteiger partial charge is 0.256 e. The van der Waals surface area contributed by atoms with E-state index in [9.17, 15) is 23.5 Å². The Morgan fingerprint density at radius 1 is 1.25 bits per heavy atom. The maximum absolute atomic E-state index is 13.8. The number of alkyl halides is 2. The summed E-state index contributed by atoms with van der Waals surface area (Å²) in [5.41, 5.74) is 0.346. The van der Waals surface area contributed by atoms with Crippen molar-refractivity contribution >= 4 is 11.8 Å². The SMILES string of the molecule is CC(C)(C)[C@@H](C(=O)N1C[C@H](O)C[C@H]1C(=O)NC1CCC2C1C2(F)F)n1cc(C2CC2)nn1. The Kier molecular flexibility index (Phi) is 4.89. The lowest BCUT2D eigenvalue weighted by molar-refractivity contribution is -0.144. The van der Waals surface area contributed by atoms with E-state index in [1.807, 2.05) is 20.8 Å². The summed E-state index contributed by atoms with van der Waals surface area (Å²) in [6, 6.07) is -2.17. The fraction of sp³-hybridized carbons (Fsp3) is 0.818. The van der Waals surface area contributed by atoms with Gasteiger partial charge in [0.15, 0.2) is 0 Å². The van der Waals surface area contributed by atoms with Gasteiger partial charge in [0.2, 0.25) is 11.8 Å². The van der Waals surface area contributed by atoms with Crippen molar-refractivity contribution < 1.29 is 23.5 Å². The summed E-state index contributed by atoms with van der Waals surface area (Å²) in [5, 5.41) is 21.5. The zero-order valence-electron chi connectivity index (χ0n) is 18.7. The van der Waals surface area contributed by atoms with Gasteiger partial charge in [0.25, 0.3) is 5.92 Å². The molecular formula is C22H31F2N5O3. The number of hydrogen-bond acceptors (Lipinski definition) is 5. The Morgan fingerprint density at radius 3 is 2.56 bits per heavy atom. The van der Waals surface area contributed by atoms with Gasteiger partial charge in [-0.05, 0) is 31.1 Å². The Hall–Kier alpha value is -2.10. The monoisotopic (exact) mass is 451 g/mol. The molecule has 2 heterocycles. The maximum Gasteiger partial charge on any atom is 0.256 e. The van der Waals surface area contributed by atoms with Gasteiger partial charge >= 0.3 is 0 Å². The number of rotatable bonds is 5. The highest BCUT2D eigenvalue weighted by molar-refractivity contribution is 5.90. The van der Waals surface area contributed by atoms with Crippen molar-refractivity contribution in [2.45, 2.75) is 88.9 Å². The van der Waals surface area contributed by atoms with Gasteiger partial charge in [-0.2, -0.15) is 0 Å². The first kappa shape index (κ1) is 21.7. The van der Waals surface area contributed by atoms with E-state index in [0.717, 1.165) is 18.5 Å². The molecule has 8 nitrogen and oxygen atoms in total. The zero-order valence-corrected chi connectivity index (χ0v) is 18.7.